The van der Waals surface area contributed by atoms with Crippen LogP contribution in [0.1, 0.15) is 12.8 Å². The Morgan fingerprint density at radius 2 is 2.25 bits per heavy atom. The Morgan fingerprint density at radius 3 is 2.38 bits per heavy atom. The summed E-state index contributed by atoms with van der Waals surface area (Å²) in [6.07, 6.45) is 0.544. The van der Waals surface area contributed by atoms with E-state index in [9.17, 15) is 4.79 Å². The van der Waals surface area contributed by atoms with Crippen molar-refractivity contribution in [3.05, 3.63) is 0 Å². The smallest absolute Gasteiger partial charge is 0.186 e. The second-order valence-electron chi connectivity index (χ2n) is 1.05. The Labute approximate surface area is 76.0 Å². The quantitative estimate of drug-likeness (QED) is 0.442. The molecule has 0 aromatic rings. The molecule has 0 heterocycles. The Morgan fingerprint density at radius 1 is 1.75 bits per heavy atom. The van der Waals surface area contributed by atoms with Crippen molar-refractivity contribution in [2.24, 2.45) is 0 Å². The molecule has 0 amide bonds. The molecule has 0 atom stereocenters. The van der Waals surface area contributed by atoms with Crippen LogP contribution in [0.25, 0.3) is 0 Å². The van der Waals surface area contributed by atoms with Gasteiger partial charge in [-0.25, -0.2) is 0 Å². The standard InChI is InChI=1S/C4H5NOS.Na/c5-3-1-2-4(6)7;/h1-2H2,(H,6,7);. The molecule has 0 rings (SSSR count). The van der Waals surface area contributed by atoms with Crippen LogP contribution in [0.2, 0.25) is 0 Å². The van der Waals surface area contributed by atoms with Gasteiger partial charge in [0.15, 0.2) is 5.12 Å². The Kier molecular flexibility index (Phi) is 10.6. The number of nitrogens with zero attached hydrogens (tertiary/aromatic N) is 1. The first-order valence-electron chi connectivity index (χ1n) is 1.86. The van der Waals surface area contributed by atoms with Crippen LogP contribution in [0.5, 0.6) is 0 Å². The molecule has 0 bridgehead atoms. The van der Waals surface area contributed by atoms with Gasteiger partial charge in [0.25, 0.3) is 0 Å². The fourth-order valence-corrected chi connectivity index (χ4v) is 0.275. The van der Waals surface area contributed by atoms with Crippen LogP contribution in [0.4, 0.5) is 0 Å². The Hall–Kier alpha value is 0.510. The van der Waals surface area contributed by atoms with Gasteiger partial charge in [-0.1, -0.05) is 0 Å². The van der Waals surface area contributed by atoms with Crippen molar-refractivity contribution in [2.75, 3.05) is 0 Å². The fourth-order valence-electron chi connectivity index (χ4n) is 0.163. The maximum Gasteiger partial charge on any atom is 0.186 e. The van der Waals surface area contributed by atoms with Crippen LogP contribution in [-0.2, 0) is 4.79 Å². The van der Waals surface area contributed by atoms with Crippen LogP contribution in [0.15, 0.2) is 0 Å². The van der Waals surface area contributed by atoms with Crippen molar-refractivity contribution < 1.29 is 4.79 Å². The SMILES string of the molecule is N#CCCC(=O)S.[Na]. The topological polar surface area (TPSA) is 40.9 Å². The zero-order chi connectivity index (χ0) is 5.70. The monoisotopic (exact) mass is 138 g/mol. The van der Waals surface area contributed by atoms with E-state index in [0.717, 1.165) is 0 Å². The van der Waals surface area contributed by atoms with Crippen LogP contribution in [-0.4, -0.2) is 34.7 Å². The van der Waals surface area contributed by atoms with E-state index < -0.39 is 0 Å². The van der Waals surface area contributed by atoms with Crippen LogP contribution in [0.3, 0.4) is 0 Å². The molecule has 0 aliphatic heterocycles. The van der Waals surface area contributed by atoms with Crippen LogP contribution in [0, 0.1) is 11.3 Å². The van der Waals surface area contributed by atoms with Crippen molar-refractivity contribution in [1.29, 1.82) is 5.26 Å². The maximum atomic E-state index is 9.92. The van der Waals surface area contributed by atoms with E-state index in [-0.39, 0.29) is 47.5 Å². The predicted molar refractivity (Wildman–Crippen MR) is 34.6 cm³/mol. The molecule has 0 aliphatic carbocycles. The molecule has 0 aliphatic rings. The van der Waals surface area contributed by atoms with Crippen molar-refractivity contribution in [3.8, 4) is 6.07 Å². The first-order chi connectivity index (χ1) is 3.27. The van der Waals surface area contributed by atoms with Gasteiger partial charge in [0, 0.05) is 42.4 Å². The molecule has 0 fully saturated rings. The first kappa shape index (κ1) is 11.3. The van der Waals surface area contributed by atoms with Gasteiger partial charge >= 0.3 is 0 Å². The van der Waals surface area contributed by atoms with Crippen molar-refractivity contribution in [2.45, 2.75) is 12.8 Å². The molecule has 0 aromatic heterocycles. The van der Waals surface area contributed by atoms with Crippen molar-refractivity contribution >= 4 is 47.3 Å². The second kappa shape index (κ2) is 7.51. The molecule has 2 nitrogen and oxygen atoms in total. The number of carbonyl (C=O) groups is 1. The van der Waals surface area contributed by atoms with Gasteiger partial charge in [-0.3, -0.25) is 4.79 Å². The summed E-state index contributed by atoms with van der Waals surface area (Å²) in [7, 11) is 0. The normalized spacial score (nSPS) is 6.50. The minimum absolute atomic E-state index is 0. The van der Waals surface area contributed by atoms with E-state index in [4.69, 9.17) is 5.26 Å². The van der Waals surface area contributed by atoms with E-state index in [0.29, 0.717) is 0 Å². The summed E-state index contributed by atoms with van der Waals surface area (Å²) in [5, 5.41) is 7.66. The third-order valence-corrected chi connectivity index (χ3v) is 0.674. The molecule has 8 heavy (non-hydrogen) atoms. The van der Waals surface area contributed by atoms with Gasteiger partial charge in [-0.05, 0) is 0 Å². The summed E-state index contributed by atoms with van der Waals surface area (Å²) in [6, 6.07) is 1.83. The number of thiol groups is 1. The summed E-state index contributed by atoms with van der Waals surface area (Å²) >= 11 is 3.44. The first-order valence-corrected chi connectivity index (χ1v) is 2.31. The minimum Gasteiger partial charge on any atom is -0.287 e. The second-order valence-corrected chi connectivity index (χ2v) is 1.55. The average molecular weight is 138 g/mol. The van der Waals surface area contributed by atoms with Gasteiger partial charge in [0.2, 0.25) is 0 Å². The molecule has 39 valence electrons. The van der Waals surface area contributed by atoms with E-state index in [1.54, 1.807) is 0 Å². The summed E-state index contributed by atoms with van der Waals surface area (Å²) in [4.78, 5) is 9.92. The number of carbonyl (C=O) groups excluding carboxylic acids is 1. The van der Waals surface area contributed by atoms with Crippen LogP contribution >= 0.6 is 12.6 Å². The molecule has 0 saturated heterocycles. The molecule has 0 saturated carbocycles. The van der Waals surface area contributed by atoms with Crippen molar-refractivity contribution in [3.63, 3.8) is 0 Å². The summed E-state index contributed by atoms with van der Waals surface area (Å²) in [6.45, 7) is 0. The molecular formula is C4H5NNaOS. The Bertz CT molecular complexity index is 109. The predicted octanol–water partition coefficient (Wildman–Crippen LogP) is 0.366. The maximum absolute atomic E-state index is 9.92. The minimum atomic E-state index is -0.221. The molecule has 4 heteroatoms. The summed E-state index contributed by atoms with van der Waals surface area (Å²) in [5.74, 6) is 0. The fraction of sp³-hybridized carbons (Fsp3) is 0.500. The molecular weight excluding hydrogens is 133 g/mol. The van der Waals surface area contributed by atoms with Crippen LogP contribution < -0.4 is 0 Å². The van der Waals surface area contributed by atoms with E-state index >= 15 is 0 Å². The molecule has 0 aromatic carbocycles. The third kappa shape index (κ3) is 9.72. The Balaban J connectivity index is 0. The largest absolute Gasteiger partial charge is 0.287 e. The van der Waals surface area contributed by atoms with Crippen molar-refractivity contribution in [1.82, 2.24) is 0 Å². The number of hydrogen-bond acceptors (Lipinski definition) is 2. The third-order valence-electron chi connectivity index (χ3n) is 0.451. The molecule has 0 spiro atoms. The van der Waals surface area contributed by atoms with Gasteiger partial charge in [-0.2, -0.15) is 5.26 Å². The number of rotatable bonds is 2. The number of nitriles is 1. The molecule has 1 radical (unpaired) electrons. The van der Waals surface area contributed by atoms with Gasteiger partial charge < -0.3 is 0 Å². The summed E-state index contributed by atoms with van der Waals surface area (Å²) in [5.41, 5.74) is 0. The number of hydrogen-bond donors (Lipinski definition) is 1. The summed E-state index contributed by atoms with van der Waals surface area (Å²) < 4.78 is 0. The molecule has 0 N–H and O–H groups in total. The van der Waals surface area contributed by atoms with E-state index in [1.807, 2.05) is 6.07 Å². The van der Waals surface area contributed by atoms with Gasteiger partial charge in [0.1, 0.15) is 0 Å². The molecule has 0 unspecified atom stereocenters. The van der Waals surface area contributed by atoms with E-state index in [1.165, 1.54) is 0 Å². The zero-order valence-electron chi connectivity index (χ0n) is 4.72. The van der Waals surface area contributed by atoms with E-state index in [2.05, 4.69) is 12.6 Å². The van der Waals surface area contributed by atoms with Gasteiger partial charge in [-0.15, -0.1) is 12.6 Å². The average Bonchev–Trinajstić information content (AvgIpc) is 1.61. The zero-order valence-corrected chi connectivity index (χ0v) is 7.61. The van der Waals surface area contributed by atoms with Gasteiger partial charge in [0.05, 0.1) is 6.07 Å².